The standard InChI is InChI=1S/C24H35FN2O2/c1-14-10-17-18(5-8-24(3)20(17)12-21(25)22(24)28)23(2)7-4-15(11-19(14)23)27-29-16-6-9-26-13-16/h16-21,26H,1,4-13H2,2-3H3/t16?,17?,18?,19-,20?,21-,23-,24+/m1/s1. The molecule has 0 aromatic carbocycles. The van der Waals surface area contributed by atoms with Gasteiger partial charge >= 0.3 is 0 Å². The first kappa shape index (κ1) is 19.7. The van der Waals surface area contributed by atoms with E-state index in [0.29, 0.717) is 24.2 Å². The predicted octanol–water partition coefficient (Wildman–Crippen LogP) is 4.45. The van der Waals surface area contributed by atoms with Crippen molar-refractivity contribution in [3.63, 3.8) is 0 Å². The van der Waals surface area contributed by atoms with Crippen LogP contribution in [-0.4, -0.2) is 36.9 Å². The molecule has 4 aliphatic carbocycles. The molecule has 0 spiro atoms. The Hall–Kier alpha value is -1.23. The van der Waals surface area contributed by atoms with Gasteiger partial charge in [0.05, 0.1) is 5.71 Å². The monoisotopic (exact) mass is 402 g/mol. The van der Waals surface area contributed by atoms with Gasteiger partial charge in [-0.2, -0.15) is 0 Å². The Morgan fingerprint density at radius 1 is 1.21 bits per heavy atom. The number of fused-ring (bicyclic) bond motifs is 5. The Labute approximate surface area is 173 Å². The number of hydrogen-bond acceptors (Lipinski definition) is 4. The first-order valence-electron chi connectivity index (χ1n) is 11.6. The first-order valence-corrected chi connectivity index (χ1v) is 11.6. The summed E-state index contributed by atoms with van der Waals surface area (Å²) in [5.41, 5.74) is 2.21. The topological polar surface area (TPSA) is 50.7 Å². The van der Waals surface area contributed by atoms with E-state index in [1.165, 1.54) is 11.3 Å². The van der Waals surface area contributed by atoms with E-state index >= 15 is 0 Å². The van der Waals surface area contributed by atoms with E-state index in [1.807, 2.05) is 6.92 Å². The van der Waals surface area contributed by atoms with Crippen LogP contribution in [0, 0.1) is 34.5 Å². The number of oxime groups is 1. The molecule has 29 heavy (non-hydrogen) atoms. The normalized spacial score (nSPS) is 50.9. The molecule has 0 aromatic heterocycles. The predicted molar refractivity (Wildman–Crippen MR) is 111 cm³/mol. The lowest BCUT2D eigenvalue weighted by molar-refractivity contribution is -0.136. The molecular formula is C24H35FN2O2. The van der Waals surface area contributed by atoms with Gasteiger partial charge in [0.15, 0.2) is 12.0 Å². The highest BCUT2D eigenvalue weighted by molar-refractivity contribution is 5.91. The van der Waals surface area contributed by atoms with E-state index in [1.54, 1.807) is 0 Å². The van der Waals surface area contributed by atoms with Gasteiger partial charge in [0.2, 0.25) is 0 Å². The average molecular weight is 403 g/mol. The van der Waals surface area contributed by atoms with Crippen molar-refractivity contribution >= 4 is 11.5 Å². The van der Waals surface area contributed by atoms with Gasteiger partial charge in [0, 0.05) is 18.4 Å². The molecule has 5 aliphatic rings. The summed E-state index contributed by atoms with van der Waals surface area (Å²) in [7, 11) is 0. The minimum Gasteiger partial charge on any atom is -0.391 e. The third kappa shape index (κ3) is 2.94. The highest BCUT2D eigenvalue weighted by Gasteiger charge is 2.63. The van der Waals surface area contributed by atoms with Crippen LogP contribution in [0.25, 0.3) is 0 Å². The van der Waals surface area contributed by atoms with E-state index in [9.17, 15) is 9.18 Å². The van der Waals surface area contributed by atoms with Gasteiger partial charge in [-0.1, -0.05) is 31.2 Å². The number of carbonyl (C=O) groups is 1. The number of nitrogens with zero attached hydrogens (tertiary/aromatic N) is 1. The van der Waals surface area contributed by atoms with Gasteiger partial charge in [-0.15, -0.1) is 0 Å². The summed E-state index contributed by atoms with van der Waals surface area (Å²) in [4.78, 5) is 18.4. The van der Waals surface area contributed by atoms with Crippen molar-refractivity contribution in [1.29, 1.82) is 0 Å². The molecule has 0 bridgehead atoms. The number of hydrogen-bond donors (Lipinski definition) is 1. The fourth-order valence-electron chi connectivity index (χ4n) is 7.75. The zero-order valence-electron chi connectivity index (χ0n) is 17.9. The Morgan fingerprint density at radius 2 is 2.03 bits per heavy atom. The number of alkyl halides is 1. The van der Waals surface area contributed by atoms with Crippen LogP contribution >= 0.6 is 0 Å². The fourth-order valence-corrected chi connectivity index (χ4v) is 7.75. The van der Waals surface area contributed by atoms with Crippen molar-refractivity contribution in [2.75, 3.05) is 13.1 Å². The number of halogens is 1. The Morgan fingerprint density at radius 3 is 2.79 bits per heavy atom. The molecule has 1 N–H and O–H groups in total. The van der Waals surface area contributed by atoms with Crippen molar-refractivity contribution in [2.45, 2.75) is 77.5 Å². The summed E-state index contributed by atoms with van der Waals surface area (Å²) in [6, 6.07) is 0. The zero-order valence-corrected chi connectivity index (χ0v) is 17.9. The third-order valence-corrected chi connectivity index (χ3v) is 9.51. The molecule has 1 saturated heterocycles. The lowest BCUT2D eigenvalue weighted by atomic mass is 9.44. The third-order valence-electron chi connectivity index (χ3n) is 9.51. The molecule has 0 radical (unpaired) electrons. The van der Waals surface area contributed by atoms with Crippen molar-refractivity contribution in [3.8, 4) is 0 Å². The molecule has 5 fully saturated rings. The molecule has 0 aromatic rings. The SMILES string of the molecule is C=C1CC2C3C[C@@H](F)C(=O)[C@@]3(C)CCC2[C@@]2(C)CCC(=NOC3CCNC3)C[C@H]12. The molecule has 1 aliphatic heterocycles. The van der Waals surface area contributed by atoms with Crippen molar-refractivity contribution in [3.05, 3.63) is 12.2 Å². The Kier molecular flexibility index (Phi) is 4.69. The molecule has 4 nitrogen and oxygen atoms in total. The molecule has 5 heteroatoms. The van der Waals surface area contributed by atoms with Crippen LogP contribution in [0.5, 0.6) is 0 Å². The maximum atomic E-state index is 14.4. The Balaban J connectivity index is 1.36. The van der Waals surface area contributed by atoms with Gasteiger partial charge < -0.3 is 10.2 Å². The number of allylic oxidation sites excluding steroid dienone is 1. The maximum Gasteiger partial charge on any atom is 0.173 e. The number of Topliss-reactive ketones (excluding diaryl/α,β-unsaturated/α-hetero) is 1. The van der Waals surface area contributed by atoms with Crippen LogP contribution in [0.3, 0.4) is 0 Å². The van der Waals surface area contributed by atoms with E-state index < -0.39 is 11.6 Å². The summed E-state index contributed by atoms with van der Waals surface area (Å²) >= 11 is 0. The largest absolute Gasteiger partial charge is 0.391 e. The van der Waals surface area contributed by atoms with Gasteiger partial charge in [-0.25, -0.2) is 4.39 Å². The van der Waals surface area contributed by atoms with E-state index in [-0.39, 0.29) is 23.2 Å². The average Bonchev–Trinajstić information content (AvgIpc) is 3.29. The number of nitrogens with one attached hydrogen (secondary N) is 1. The van der Waals surface area contributed by atoms with Crippen LogP contribution in [0.15, 0.2) is 17.3 Å². The molecule has 1 heterocycles. The van der Waals surface area contributed by atoms with Gasteiger partial charge in [0.1, 0.15) is 6.10 Å². The molecular weight excluding hydrogens is 367 g/mol. The molecule has 4 unspecified atom stereocenters. The second-order valence-electron chi connectivity index (χ2n) is 10.9. The summed E-state index contributed by atoms with van der Waals surface area (Å²) in [6.45, 7) is 10.9. The van der Waals surface area contributed by atoms with Crippen LogP contribution in [-0.2, 0) is 9.63 Å². The summed E-state index contributed by atoms with van der Waals surface area (Å²) in [6.07, 6.45) is 6.30. The lowest BCUT2D eigenvalue weighted by Crippen LogP contribution is -2.54. The van der Waals surface area contributed by atoms with Crippen LogP contribution in [0.4, 0.5) is 4.39 Å². The van der Waals surface area contributed by atoms with E-state index in [2.05, 4.69) is 24.0 Å². The minimum atomic E-state index is -1.25. The number of ketones is 1. The van der Waals surface area contributed by atoms with E-state index in [0.717, 1.165) is 58.0 Å². The highest BCUT2D eigenvalue weighted by Crippen LogP contribution is 2.66. The smallest absolute Gasteiger partial charge is 0.173 e. The van der Waals surface area contributed by atoms with Gasteiger partial charge in [0.25, 0.3) is 0 Å². The van der Waals surface area contributed by atoms with Crippen LogP contribution in [0.1, 0.15) is 65.2 Å². The number of carbonyl (C=O) groups excluding carboxylic acids is 1. The van der Waals surface area contributed by atoms with Crippen LogP contribution < -0.4 is 5.32 Å². The van der Waals surface area contributed by atoms with Gasteiger partial charge in [-0.3, -0.25) is 4.79 Å². The van der Waals surface area contributed by atoms with Crippen molar-refractivity contribution in [2.24, 2.45) is 39.7 Å². The minimum absolute atomic E-state index is 0.129. The van der Waals surface area contributed by atoms with Crippen molar-refractivity contribution in [1.82, 2.24) is 5.32 Å². The lowest BCUT2D eigenvalue weighted by Gasteiger charge is -2.60. The molecule has 0 amide bonds. The molecule has 160 valence electrons. The quantitative estimate of drug-likeness (QED) is 0.548. The highest BCUT2D eigenvalue weighted by atomic mass is 19.1. The number of rotatable bonds is 2. The van der Waals surface area contributed by atoms with E-state index in [4.69, 9.17) is 4.84 Å². The van der Waals surface area contributed by atoms with Crippen LogP contribution in [0.2, 0.25) is 0 Å². The molecule has 4 saturated carbocycles. The molecule has 8 atom stereocenters. The fraction of sp³-hybridized carbons (Fsp3) is 0.833. The summed E-state index contributed by atoms with van der Waals surface area (Å²) in [5.74, 6) is 1.47. The van der Waals surface area contributed by atoms with Crippen molar-refractivity contribution < 1.29 is 14.0 Å². The Bertz CT molecular complexity index is 745. The maximum absolute atomic E-state index is 14.4. The molecule has 5 rings (SSSR count). The summed E-state index contributed by atoms with van der Waals surface area (Å²) in [5, 5.41) is 7.87. The van der Waals surface area contributed by atoms with Gasteiger partial charge in [-0.05, 0) is 80.6 Å². The second kappa shape index (κ2) is 6.90. The first-order chi connectivity index (χ1) is 13.8. The second-order valence-corrected chi connectivity index (χ2v) is 10.9. The zero-order chi connectivity index (χ0) is 20.4. The summed E-state index contributed by atoms with van der Waals surface area (Å²) < 4.78 is 14.4.